The zero-order valence-corrected chi connectivity index (χ0v) is 18.1. The third-order valence-corrected chi connectivity index (χ3v) is 5.98. The number of nitrogens with one attached hydrogen (secondary N) is 1. The first-order chi connectivity index (χ1) is 14.8. The lowest BCUT2D eigenvalue weighted by molar-refractivity contribution is -0.119. The molecule has 10 heteroatoms. The van der Waals surface area contributed by atoms with Gasteiger partial charge in [0.05, 0.1) is 28.8 Å². The number of nitrogens with zero attached hydrogens (tertiary/aromatic N) is 2. The number of aryl methyl sites for hydroxylation is 1. The molecule has 0 spiro atoms. The van der Waals surface area contributed by atoms with Crippen molar-refractivity contribution in [3.63, 3.8) is 0 Å². The smallest absolute Gasteiger partial charge is 0.338 e. The van der Waals surface area contributed by atoms with Crippen molar-refractivity contribution < 1.29 is 19.1 Å². The number of esters is 1. The van der Waals surface area contributed by atoms with E-state index in [4.69, 9.17) is 10.5 Å². The number of carbonyl (C=O) groups excluding carboxylic acids is 3. The molecule has 2 aromatic heterocycles. The normalized spacial score (nSPS) is 11.8. The predicted octanol–water partition coefficient (Wildman–Crippen LogP) is 2.63. The molecule has 0 aliphatic heterocycles. The Morgan fingerprint density at radius 1 is 1.29 bits per heavy atom. The quantitative estimate of drug-likeness (QED) is 0.540. The number of ether oxygens (including phenoxy) is 1. The van der Waals surface area contributed by atoms with Gasteiger partial charge in [-0.15, -0.1) is 11.3 Å². The zero-order valence-electron chi connectivity index (χ0n) is 17.3. The summed E-state index contributed by atoms with van der Waals surface area (Å²) in [7, 11) is 0. The number of anilines is 1. The van der Waals surface area contributed by atoms with Gasteiger partial charge < -0.3 is 15.8 Å². The Hall–Kier alpha value is -3.53. The van der Waals surface area contributed by atoms with Crippen molar-refractivity contribution in [2.24, 2.45) is 5.73 Å². The van der Waals surface area contributed by atoms with E-state index in [1.165, 1.54) is 17.0 Å². The third kappa shape index (κ3) is 4.33. The van der Waals surface area contributed by atoms with Crippen LogP contribution in [0.3, 0.4) is 0 Å². The first-order valence-corrected chi connectivity index (χ1v) is 10.5. The van der Waals surface area contributed by atoms with E-state index in [1.807, 2.05) is 0 Å². The van der Waals surface area contributed by atoms with Crippen LogP contribution in [0.1, 0.15) is 51.9 Å². The lowest BCUT2D eigenvalue weighted by atomic mass is 10.1. The van der Waals surface area contributed by atoms with Gasteiger partial charge in [-0.1, -0.05) is 13.0 Å². The van der Waals surface area contributed by atoms with Gasteiger partial charge in [0.25, 0.3) is 11.5 Å². The number of thiophene rings is 1. The number of hydrogen-bond donors (Lipinski definition) is 2. The summed E-state index contributed by atoms with van der Waals surface area (Å²) >= 11 is 1.05. The molecule has 0 bridgehead atoms. The van der Waals surface area contributed by atoms with Gasteiger partial charge in [-0.25, -0.2) is 9.78 Å². The summed E-state index contributed by atoms with van der Waals surface area (Å²) in [6.07, 6.45) is 1.62. The van der Waals surface area contributed by atoms with E-state index in [0.717, 1.165) is 11.3 Å². The van der Waals surface area contributed by atoms with E-state index >= 15 is 0 Å². The van der Waals surface area contributed by atoms with E-state index < -0.39 is 29.4 Å². The van der Waals surface area contributed by atoms with Crippen LogP contribution in [0.5, 0.6) is 0 Å². The summed E-state index contributed by atoms with van der Waals surface area (Å²) in [4.78, 5) is 54.5. The molecule has 0 fully saturated rings. The average Bonchev–Trinajstić information content (AvgIpc) is 3.08. The van der Waals surface area contributed by atoms with Crippen LogP contribution in [0.25, 0.3) is 10.2 Å². The molecule has 3 N–H and O–H groups in total. The molecule has 2 amide bonds. The van der Waals surface area contributed by atoms with E-state index in [1.54, 1.807) is 39.0 Å². The van der Waals surface area contributed by atoms with E-state index in [-0.39, 0.29) is 16.9 Å². The maximum absolute atomic E-state index is 13.1. The second kappa shape index (κ2) is 9.09. The van der Waals surface area contributed by atoms with Gasteiger partial charge in [0.2, 0.25) is 5.91 Å². The molecule has 0 saturated heterocycles. The molecule has 3 rings (SSSR count). The Labute approximate surface area is 181 Å². The Morgan fingerprint density at radius 2 is 2.03 bits per heavy atom. The van der Waals surface area contributed by atoms with Crippen molar-refractivity contribution in [3.05, 3.63) is 57.0 Å². The number of aromatic nitrogens is 2. The number of hydrogen-bond acceptors (Lipinski definition) is 7. The topological polar surface area (TPSA) is 133 Å². The van der Waals surface area contributed by atoms with Crippen LogP contribution >= 0.6 is 11.3 Å². The van der Waals surface area contributed by atoms with Gasteiger partial charge >= 0.3 is 5.97 Å². The lowest BCUT2D eigenvalue weighted by Crippen LogP contribution is -2.33. The Balaban J connectivity index is 1.94. The summed E-state index contributed by atoms with van der Waals surface area (Å²) in [6.45, 7) is 5.35. The van der Waals surface area contributed by atoms with Gasteiger partial charge in [-0.3, -0.25) is 19.0 Å². The number of amides is 2. The van der Waals surface area contributed by atoms with E-state index in [2.05, 4.69) is 10.3 Å². The molecule has 0 saturated carbocycles. The first kappa shape index (κ1) is 22.2. The van der Waals surface area contributed by atoms with Crippen molar-refractivity contribution >= 4 is 45.0 Å². The highest BCUT2D eigenvalue weighted by Crippen LogP contribution is 2.27. The fourth-order valence-electron chi connectivity index (χ4n) is 3.27. The maximum atomic E-state index is 13.1. The molecule has 0 aliphatic carbocycles. The van der Waals surface area contributed by atoms with Crippen molar-refractivity contribution in [2.45, 2.75) is 33.2 Å². The maximum Gasteiger partial charge on any atom is 0.338 e. The standard InChI is InChI=1S/C21H22N4O5S/c1-4-14(18(27)24-13-8-6-7-12(9-13)21(29)30-5-2)25-10-23-19-15(20(25)28)11(3)16(31-19)17(22)26/h6-10,14H,4-5H2,1-3H3,(H2,22,26)(H,24,27). The minimum absolute atomic E-state index is 0.241. The molecule has 2 heterocycles. The number of carbonyl (C=O) groups is 3. The highest BCUT2D eigenvalue weighted by atomic mass is 32.1. The van der Waals surface area contributed by atoms with Crippen LogP contribution in [0, 0.1) is 6.92 Å². The molecule has 3 aromatic rings. The minimum Gasteiger partial charge on any atom is -0.462 e. The molecule has 1 atom stereocenters. The molecular formula is C21H22N4O5S. The Bertz CT molecular complexity index is 1230. The van der Waals surface area contributed by atoms with Crippen LogP contribution in [0.2, 0.25) is 0 Å². The number of nitrogens with two attached hydrogens (primary N) is 1. The van der Waals surface area contributed by atoms with Crippen LogP contribution in [-0.2, 0) is 9.53 Å². The SMILES string of the molecule is CCOC(=O)c1cccc(NC(=O)C(CC)n2cnc3sc(C(N)=O)c(C)c3c2=O)c1. The second-order valence-electron chi connectivity index (χ2n) is 6.77. The van der Waals surface area contributed by atoms with E-state index in [0.29, 0.717) is 28.1 Å². The summed E-state index contributed by atoms with van der Waals surface area (Å²) in [6, 6.07) is 5.52. The van der Waals surface area contributed by atoms with Gasteiger partial charge in [0, 0.05) is 5.69 Å². The van der Waals surface area contributed by atoms with Crippen molar-refractivity contribution in [1.82, 2.24) is 9.55 Å². The number of fused-ring (bicyclic) bond motifs is 1. The predicted molar refractivity (Wildman–Crippen MR) is 117 cm³/mol. The second-order valence-corrected chi connectivity index (χ2v) is 7.77. The summed E-state index contributed by atoms with van der Waals surface area (Å²) in [5.41, 5.74) is 6.12. The monoisotopic (exact) mass is 442 g/mol. The van der Waals surface area contributed by atoms with Crippen LogP contribution < -0.4 is 16.6 Å². The molecule has 1 unspecified atom stereocenters. The molecule has 162 valence electrons. The average molecular weight is 442 g/mol. The molecule has 31 heavy (non-hydrogen) atoms. The van der Waals surface area contributed by atoms with Gasteiger partial charge in [-0.05, 0) is 44.0 Å². The fraction of sp³-hybridized carbons (Fsp3) is 0.286. The highest BCUT2D eigenvalue weighted by Gasteiger charge is 2.24. The summed E-state index contributed by atoms with van der Waals surface area (Å²) < 4.78 is 6.22. The largest absolute Gasteiger partial charge is 0.462 e. The van der Waals surface area contributed by atoms with Crippen LogP contribution in [-0.4, -0.2) is 33.9 Å². The summed E-state index contributed by atoms with van der Waals surface area (Å²) in [5, 5.41) is 3.01. The molecule has 1 aromatic carbocycles. The Morgan fingerprint density at radius 3 is 2.68 bits per heavy atom. The zero-order chi connectivity index (χ0) is 22.7. The van der Waals surface area contributed by atoms with Crippen LogP contribution in [0.15, 0.2) is 35.4 Å². The van der Waals surface area contributed by atoms with Gasteiger partial charge in [0.15, 0.2) is 0 Å². The van der Waals surface area contributed by atoms with Crippen molar-refractivity contribution in [1.29, 1.82) is 0 Å². The van der Waals surface area contributed by atoms with Gasteiger partial charge in [-0.2, -0.15) is 0 Å². The van der Waals surface area contributed by atoms with Crippen molar-refractivity contribution in [2.75, 3.05) is 11.9 Å². The van der Waals surface area contributed by atoms with E-state index in [9.17, 15) is 19.2 Å². The molecule has 0 radical (unpaired) electrons. The first-order valence-electron chi connectivity index (χ1n) is 9.66. The van der Waals surface area contributed by atoms with Crippen LogP contribution in [0.4, 0.5) is 5.69 Å². The summed E-state index contributed by atoms with van der Waals surface area (Å²) in [5.74, 6) is -1.55. The number of rotatable bonds is 7. The van der Waals surface area contributed by atoms with Crippen molar-refractivity contribution in [3.8, 4) is 0 Å². The molecule has 9 nitrogen and oxygen atoms in total. The third-order valence-electron chi connectivity index (χ3n) is 4.77. The molecular weight excluding hydrogens is 420 g/mol. The fourth-order valence-corrected chi connectivity index (χ4v) is 4.26. The number of benzene rings is 1. The van der Waals surface area contributed by atoms with Gasteiger partial charge in [0.1, 0.15) is 10.9 Å². The Kier molecular flexibility index (Phi) is 6.50. The highest BCUT2D eigenvalue weighted by molar-refractivity contribution is 7.20. The minimum atomic E-state index is -0.841. The molecule has 0 aliphatic rings. The number of primary amides is 1. The lowest BCUT2D eigenvalue weighted by Gasteiger charge is -2.18.